The standard InChI is InChI=1S/C18H30BrN/c1-17(2,3)12-11-14(13-20-18(4,5)6)15-9-7-8-10-16(15)19/h7-10,14,20H,11-13H2,1-6H3. The summed E-state index contributed by atoms with van der Waals surface area (Å²) >= 11 is 3.71. The van der Waals surface area contributed by atoms with E-state index in [9.17, 15) is 0 Å². The minimum absolute atomic E-state index is 0.168. The maximum absolute atomic E-state index is 3.71. The highest BCUT2D eigenvalue weighted by Gasteiger charge is 2.20. The minimum atomic E-state index is 0.168. The smallest absolute Gasteiger partial charge is 0.0210 e. The molecule has 114 valence electrons. The number of hydrogen-bond donors (Lipinski definition) is 1. The molecule has 0 fully saturated rings. The Morgan fingerprint density at radius 3 is 2.15 bits per heavy atom. The van der Waals surface area contributed by atoms with E-state index >= 15 is 0 Å². The molecule has 1 N–H and O–H groups in total. The van der Waals surface area contributed by atoms with Gasteiger partial charge in [-0.15, -0.1) is 0 Å². The SMILES string of the molecule is CC(C)(C)CCC(CNC(C)(C)C)c1ccccc1Br. The van der Waals surface area contributed by atoms with Crippen molar-refractivity contribution in [2.45, 2.75) is 65.8 Å². The molecule has 0 aliphatic rings. The minimum Gasteiger partial charge on any atom is -0.311 e. The third-order valence-electron chi connectivity index (χ3n) is 3.47. The molecular weight excluding hydrogens is 310 g/mol. The van der Waals surface area contributed by atoms with Gasteiger partial charge in [0, 0.05) is 16.6 Å². The van der Waals surface area contributed by atoms with Crippen LogP contribution >= 0.6 is 15.9 Å². The number of hydrogen-bond acceptors (Lipinski definition) is 1. The van der Waals surface area contributed by atoms with Crippen LogP contribution in [0, 0.1) is 5.41 Å². The highest BCUT2D eigenvalue weighted by molar-refractivity contribution is 9.10. The summed E-state index contributed by atoms with van der Waals surface area (Å²) < 4.78 is 1.23. The Bertz CT molecular complexity index is 394. The van der Waals surface area contributed by atoms with Crippen LogP contribution in [-0.2, 0) is 0 Å². The van der Waals surface area contributed by atoms with E-state index in [0.717, 1.165) is 6.54 Å². The lowest BCUT2D eigenvalue weighted by molar-refractivity contribution is 0.330. The van der Waals surface area contributed by atoms with E-state index in [4.69, 9.17) is 0 Å². The van der Waals surface area contributed by atoms with Gasteiger partial charge in [0.2, 0.25) is 0 Å². The summed E-state index contributed by atoms with van der Waals surface area (Å²) in [5.41, 5.74) is 1.98. The van der Waals surface area contributed by atoms with Crippen molar-refractivity contribution in [1.82, 2.24) is 5.32 Å². The van der Waals surface area contributed by atoms with E-state index in [0.29, 0.717) is 11.3 Å². The van der Waals surface area contributed by atoms with Crippen LogP contribution in [0.15, 0.2) is 28.7 Å². The molecule has 0 spiro atoms. The summed E-state index contributed by atoms with van der Waals surface area (Å²) in [6, 6.07) is 8.63. The molecule has 0 heterocycles. The molecule has 1 rings (SSSR count). The molecular formula is C18H30BrN. The Kier molecular flexibility index (Phi) is 6.27. The molecule has 1 unspecified atom stereocenters. The zero-order valence-electron chi connectivity index (χ0n) is 13.9. The van der Waals surface area contributed by atoms with Gasteiger partial charge in [0.1, 0.15) is 0 Å². The van der Waals surface area contributed by atoms with E-state index in [-0.39, 0.29) is 5.54 Å². The van der Waals surface area contributed by atoms with Gasteiger partial charge < -0.3 is 5.32 Å². The first-order valence-electron chi connectivity index (χ1n) is 7.58. The lowest BCUT2D eigenvalue weighted by Crippen LogP contribution is -2.38. The van der Waals surface area contributed by atoms with Crippen molar-refractivity contribution in [1.29, 1.82) is 0 Å². The predicted molar refractivity (Wildman–Crippen MR) is 93.3 cm³/mol. The van der Waals surface area contributed by atoms with Crippen LogP contribution in [0.3, 0.4) is 0 Å². The molecule has 0 saturated heterocycles. The molecule has 0 aromatic heterocycles. The summed E-state index contributed by atoms with van der Waals surface area (Å²) in [5.74, 6) is 0.559. The Balaban J connectivity index is 2.82. The van der Waals surface area contributed by atoms with Gasteiger partial charge in [0.05, 0.1) is 0 Å². The summed E-state index contributed by atoms with van der Waals surface area (Å²) in [4.78, 5) is 0. The monoisotopic (exact) mass is 339 g/mol. The summed E-state index contributed by atoms with van der Waals surface area (Å²) in [5, 5.41) is 3.66. The summed E-state index contributed by atoms with van der Waals surface area (Å²) in [6.45, 7) is 14.7. The fourth-order valence-corrected chi connectivity index (χ4v) is 2.82. The van der Waals surface area contributed by atoms with Crippen molar-refractivity contribution in [2.24, 2.45) is 5.41 Å². The van der Waals surface area contributed by atoms with Gasteiger partial charge in [-0.05, 0) is 56.6 Å². The summed E-state index contributed by atoms with van der Waals surface area (Å²) in [7, 11) is 0. The number of nitrogens with one attached hydrogen (secondary N) is 1. The van der Waals surface area contributed by atoms with Crippen LogP contribution in [0.2, 0.25) is 0 Å². The van der Waals surface area contributed by atoms with Crippen molar-refractivity contribution >= 4 is 15.9 Å². The third kappa shape index (κ3) is 6.90. The number of rotatable bonds is 5. The molecule has 0 saturated carbocycles. The normalized spacial score (nSPS) is 14.3. The van der Waals surface area contributed by atoms with Crippen LogP contribution in [0.4, 0.5) is 0 Å². The van der Waals surface area contributed by atoms with Gasteiger partial charge in [-0.25, -0.2) is 0 Å². The molecule has 0 amide bonds. The van der Waals surface area contributed by atoms with Crippen molar-refractivity contribution in [3.05, 3.63) is 34.3 Å². The molecule has 0 bridgehead atoms. The average molecular weight is 340 g/mol. The quantitative estimate of drug-likeness (QED) is 0.720. The predicted octanol–water partition coefficient (Wildman–Crippen LogP) is 5.75. The lowest BCUT2D eigenvalue weighted by Gasteiger charge is -2.28. The molecule has 0 aliphatic heterocycles. The van der Waals surface area contributed by atoms with Crippen molar-refractivity contribution in [3.63, 3.8) is 0 Å². The van der Waals surface area contributed by atoms with E-state index in [1.807, 2.05) is 0 Å². The molecule has 20 heavy (non-hydrogen) atoms. The first kappa shape index (κ1) is 17.7. The van der Waals surface area contributed by atoms with Crippen molar-refractivity contribution < 1.29 is 0 Å². The topological polar surface area (TPSA) is 12.0 Å². The van der Waals surface area contributed by atoms with Gasteiger partial charge in [0.25, 0.3) is 0 Å². The van der Waals surface area contributed by atoms with Crippen LogP contribution in [0.5, 0.6) is 0 Å². The molecule has 0 aliphatic carbocycles. The molecule has 1 aromatic rings. The van der Waals surface area contributed by atoms with Gasteiger partial charge in [-0.2, -0.15) is 0 Å². The maximum Gasteiger partial charge on any atom is 0.0210 e. The Morgan fingerprint density at radius 2 is 1.65 bits per heavy atom. The van der Waals surface area contributed by atoms with Gasteiger partial charge >= 0.3 is 0 Å². The van der Waals surface area contributed by atoms with Crippen LogP contribution in [0.25, 0.3) is 0 Å². The second-order valence-corrected chi connectivity index (χ2v) is 8.80. The first-order valence-corrected chi connectivity index (χ1v) is 8.37. The largest absolute Gasteiger partial charge is 0.311 e. The van der Waals surface area contributed by atoms with Crippen molar-refractivity contribution in [3.8, 4) is 0 Å². The Morgan fingerprint density at radius 1 is 1.05 bits per heavy atom. The molecule has 2 heteroatoms. The van der Waals surface area contributed by atoms with Crippen LogP contribution in [0.1, 0.15) is 65.9 Å². The first-order chi connectivity index (χ1) is 9.08. The zero-order valence-corrected chi connectivity index (χ0v) is 15.5. The second-order valence-electron chi connectivity index (χ2n) is 7.95. The van der Waals surface area contributed by atoms with E-state index in [1.165, 1.54) is 22.9 Å². The Labute approximate surface area is 133 Å². The highest BCUT2D eigenvalue weighted by Crippen LogP contribution is 2.32. The van der Waals surface area contributed by atoms with Gasteiger partial charge in [0.15, 0.2) is 0 Å². The second kappa shape index (κ2) is 7.09. The average Bonchev–Trinajstić information content (AvgIpc) is 2.28. The maximum atomic E-state index is 3.71. The van der Waals surface area contributed by atoms with Gasteiger partial charge in [-0.1, -0.05) is 54.9 Å². The van der Waals surface area contributed by atoms with E-state index < -0.39 is 0 Å². The molecule has 1 nitrogen and oxygen atoms in total. The van der Waals surface area contributed by atoms with Crippen molar-refractivity contribution in [2.75, 3.05) is 6.54 Å². The number of benzene rings is 1. The number of halogens is 1. The lowest BCUT2D eigenvalue weighted by atomic mass is 9.84. The Hall–Kier alpha value is -0.340. The summed E-state index contributed by atoms with van der Waals surface area (Å²) in [6.07, 6.45) is 2.46. The zero-order chi connectivity index (χ0) is 15.4. The highest BCUT2D eigenvalue weighted by atomic mass is 79.9. The van der Waals surface area contributed by atoms with E-state index in [2.05, 4.69) is 87.1 Å². The fraction of sp³-hybridized carbons (Fsp3) is 0.667. The van der Waals surface area contributed by atoms with Crippen LogP contribution in [-0.4, -0.2) is 12.1 Å². The van der Waals surface area contributed by atoms with E-state index in [1.54, 1.807) is 0 Å². The van der Waals surface area contributed by atoms with Gasteiger partial charge in [-0.3, -0.25) is 0 Å². The van der Waals surface area contributed by atoms with Crippen LogP contribution < -0.4 is 5.32 Å². The molecule has 1 aromatic carbocycles. The fourth-order valence-electron chi connectivity index (χ4n) is 2.21. The molecule has 0 radical (unpaired) electrons. The third-order valence-corrected chi connectivity index (χ3v) is 4.19. The molecule has 1 atom stereocenters.